The number of rotatable bonds is 4. The fourth-order valence-corrected chi connectivity index (χ4v) is 2.05. The summed E-state index contributed by atoms with van der Waals surface area (Å²) in [7, 11) is 0. The predicted octanol–water partition coefficient (Wildman–Crippen LogP) is 1.57. The maximum Gasteiger partial charge on any atom is 0.260 e. The number of hydrogen-bond acceptors (Lipinski definition) is 4. The van der Waals surface area contributed by atoms with E-state index in [9.17, 15) is 4.79 Å². The molecule has 1 aliphatic rings. The van der Waals surface area contributed by atoms with Crippen molar-refractivity contribution in [3.63, 3.8) is 0 Å². The van der Waals surface area contributed by atoms with Crippen LogP contribution >= 0.6 is 0 Å². The fourth-order valence-electron chi connectivity index (χ4n) is 2.05. The lowest BCUT2D eigenvalue weighted by Crippen LogP contribution is -2.47. The monoisotopic (exact) mass is 274 g/mol. The highest BCUT2D eigenvalue weighted by Gasteiger charge is 2.23. The minimum absolute atomic E-state index is 0.0162. The van der Waals surface area contributed by atoms with E-state index in [0.29, 0.717) is 31.0 Å². The van der Waals surface area contributed by atoms with Gasteiger partial charge in [-0.15, -0.1) is 0 Å². The lowest BCUT2D eigenvalue weighted by molar-refractivity contribution is -0.141. The lowest BCUT2D eigenvalue weighted by Gasteiger charge is -2.32. The van der Waals surface area contributed by atoms with Gasteiger partial charge >= 0.3 is 0 Å². The van der Waals surface area contributed by atoms with Crippen molar-refractivity contribution in [2.75, 3.05) is 26.3 Å². The van der Waals surface area contributed by atoms with Crippen LogP contribution in [0.3, 0.4) is 0 Å². The number of benzene rings is 1. The van der Waals surface area contributed by atoms with Crippen LogP contribution in [0.15, 0.2) is 24.3 Å². The first-order valence-electron chi connectivity index (χ1n) is 6.75. The van der Waals surface area contributed by atoms with Crippen LogP contribution in [-0.2, 0) is 9.53 Å². The molecule has 0 N–H and O–H groups in total. The normalized spacial score (nSPS) is 18.4. The molecule has 1 fully saturated rings. The molecule has 0 saturated carbocycles. The van der Waals surface area contributed by atoms with E-state index in [1.165, 1.54) is 0 Å². The molecule has 2 rings (SSSR count). The molecule has 0 aromatic heterocycles. The van der Waals surface area contributed by atoms with Gasteiger partial charge in [-0.2, -0.15) is 5.26 Å². The van der Waals surface area contributed by atoms with Gasteiger partial charge in [-0.05, 0) is 30.7 Å². The molecule has 20 heavy (non-hydrogen) atoms. The highest BCUT2D eigenvalue weighted by atomic mass is 16.5. The zero-order valence-corrected chi connectivity index (χ0v) is 11.5. The van der Waals surface area contributed by atoms with Gasteiger partial charge in [0.2, 0.25) is 0 Å². The molecule has 0 bridgehead atoms. The second-order valence-electron chi connectivity index (χ2n) is 4.67. The second kappa shape index (κ2) is 6.92. The van der Waals surface area contributed by atoms with Crippen LogP contribution < -0.4 is 4.74 Å². The first-order chi connectivity index (χ1) is 9.72. The Hall–Kier alpha value is -2.06. The Morgan fingerprint density at radius 3 is 2.90 bits per heavy atom. The Bertz CT molecular complexity index is 493. The SMILES string of the molecule is CCC1CN(C(=O)COc2ccc(C#N)cc2)CCO1. The molecule has 1 heterocycles. The van der Waals surface area contributed by atoms with Crippen LogP contribution in [-0.4, -0.2) is 43.2 Å². The molecule has 1 amide bonds. The number of nitrogens with zero attached hydrogens (tertiary/aromatic N) is 2. The second-order valence-corrected chi connectivity index (χ2v) is 4.67. The van der Waals surface area contributed by atoms with E-state index < -0.39 is 0 Å². The molecule has 106 valence electrons. The number of carbonyl (C=O) groups is 1. The van der Waals surface area contributed by atoms with Gasteiger partial charge in [0, 0.05) is 13.1 Å². The minimum Gasteiger partial charge on any atom is -0.484 e. The maximum atomic E-state index is 12.0. The number of nitriles is 1. The Morgan fingerprint density at radius 1 is 1.50 bits per heavy atom. The van der Waals surface area contributed by atoms with Crippen molar-refractivity contribution < 1.29 is 14.3 Å². The smallest absolute Gasteiger partial charge is 0.260 e. The third kappa shape index (κ3) is 3.72. The summed E-state index contributed by atoms with van der Waals surface area (Å²) in [6.45, 7) is 3.90. The topological polar surface area (TPSA) is 62.6 Å². The van der Waals surface area contributed by atoms with Crippen molar-refractivity contribution in [3.05, 3.63) is 29.8 Å². The number of amides is 1. The van der Waals surface area contributed by atoms with Crippen LogP contribution in [0.1, 0.15) is 18.9 Å². The molecular weight excluding hydrogens is 256 g/mol. The molecule has 1 aliphatic heterocycles. The molecule has 0 spiro atoms. The molecule has 0 radical (unpaired) electrons. The van der Waals surface area contributed by atoms with Gasteiger partial charge in [-0.1, -0.05) is 6.92 Å². The molecule has 1 aromatic carbocycles. The quantitative estimate of drug-likeness (QED) is 0.836. The molecule has 1 unspecified atom stereocenters. The van der Waals surface area contributed by atoms with Gasteiger partial charge in [0.1, 0.15) is 5.75 Å². The molecule has 1 saturated heterocycles. The van der Waals surface area contributed by atoms with E-state index in [1.54, 1.807) is 29.2 Å². The van der Waals surface area contributed by atoms with Crippen molar-refractivity contribution in [1.82, 2.24) is 4.90 Å². The first kappa shape index (κ1) is 14.4. The standard InChI is InChI=1S/C15H18N2O3/c1-2-13-10-17(7-8-19-13)15(18)11-20-14-5-3-12(9-16)4-6-14/h3-6,13H,2,7-8,10-11H2,1H3. The zero-order valence-electron chi connectivity index (χ0n) is 11.5. The van der Waals surface area contributed by atoms with Gasteiger partial charge in [0.25, 0.3) is 5.91 Å². The molecule has 5 heteroatoms. The first-order valence-corrected chi connectivity index (χ1v) is 6.75. The van der Waals surface area contributed by atoms with Crippen molar-refractivity contribution in [3.8, 4) is 11.8 Å². The van der Waals surface area contributed by atoms with E-state index in [2.05, 4.69) is 0 Å². The Balaban J connectivity index is 1.83. The van der Waals surface area contributed by atoms with Gasteiger partial charge in [-0.3, -0.25) is 4.79 Å². The summed E-state index contributed by atoms with van der Waals surface area (Å²) in [5.74, 6) is 0.564. The van der Waals surface area contributed by atoms with Crippen molar-refractivity contribution in [2.45, 2.75) is 19.4 Å². The van der Waals surface area contributed by atoms with Crippen molar-refractivity contribution in [2.24, 2.45) is 0 Å². The van der Waals surface area contributed by atoms with E-state index in [1.807, 2.05) is 13.0 Å². The van der Waals surface area contributed by atoms with Crippen molar-refractivity contribution in [1.29, 1.82) is 5.26 Å². The molecule has 1 atom stereocenters. The highest BCUT2D eigenvalue weighted by molar-refractivity contribution is 5.77. The molecule has 1 aromatic rings. The third-order valence-corrected chi connectivity index (χ3v) is 3.29. The minimum atomic E-state index is -0.0314. The Kier molecular flexibility index (Phi) is 4.97. The van der Waals surface area contributed by atoms with Gasteiger partial charge < -0.3 is 14.4 Å². The average Bonchev–Trinajstić information content (AvgIpc) is 2.53. The maximum absolute atomic E-state index is 12.0. The number of hydrogen-bond donors (Lipinski definition) is 0. The van der Waals surface area contributed by atoms with Gasteiger partial charge in [-0.25, -0.2) is 0 Å². The summed E-state index contributed by atoms with van der Waals surface area (Å²) in [4.78, 5) is 13.8. The molecule has 5 nitrogen and oxygen atoms in total. The molecular formula is C15H18N2O3. The lowest BCUT2D eigenvalue weighted by atomic mass is 10.2. The van der Waals surface area contributed by atoms with Crippen LogP contribution in [0.4, 0.5) is 0 Å². The number of ether oxygens (including phenoxy) is 2. The van der Waals surface area contributed by atoms with Crippen LogP contribution in [0.2, 0.25) is 0 Å². The van der Waals surface area contributed by atoms with Gasteiger partial charge in [0.15, 0.2) is 6.61 Å². The summed E-state index contributed by atoms with van der Waals surface area (Å²) in [6, 6.07) is 8.76. The zero-order chi connectivity index (χ0) is 14.4. The summed E-state index contributed by atoms with van der Waals surface area (Å²) in [5, 5.41) is 8.70. The van der Waals surface area contributed by atoms with E-state index in [-0.39, 0.29) is 18.6 Å². The predicted molar refractivity (Wildman–Crippen MR) is 73.3 cm³/mol. The highest BCUT2D eigenvalue weighted by Crippen LogP contribution is 2.13. The molecule has 0 aliphatic carbocycles. The van der Waals surface area contributed by atoms with Crippen molar-refractivity contribution >= 4 is 5.91 Å². The van der Waals surface area contributed by atoms with Crippen LogP contribution in [0.25, 0.3) is 0 Å². The number of morpholine rings is 1. The van der Waals surface area contributed by atoms with Gasteiger partial charge in [0.05, 0.1) is 24.3 Å². The average molecular weight is 274 g/mol. The largest absolute Gasteiger partial charge is 0.484 e. The summed E-state index contributed by atoms with van der Waals surface area (Å²) in [6.07, 6.45) is 1.03. The summed E-state index contributed by atoms with van der Waals surface area (Å²) >= 11 is 0. The Labute approximate surface area is 118 Å². The van der Waals surface area contributed by atoms with E-state index in [4.69, 9.17) is 14.7 Å². The Morgan fingerprint density at radius 2 is 2.25 bits per heavy atom. The number of carbonyl (C=O) groups excluding carboxylic acids is 1. The summed E-state index contributed by atoms with van der Waals surface area (Å²) < 4.78 is 11.0. The third-order valence-electron chi connectivity index (χ3n) is 3.29. The summed E-state index contributed by atoms with van der Waals surface area (Å²) in [5.41, 5.74) is 0.572. The van der Waals surface area contributed by atoms with E-state index >= 15 is 0 Å². The van der Waals surface area contributed by atoms with E-state index in [0.717, 1.165) is 6.42 Å². The van der Waals surface area contributed by atoms with Crippen LogP contribution in [0.5, 0.6) is 5.75 Å². The van der Waals surface area contributed by atoms with Crippen LogP contribution in [0, 0.1) is 11.3 Å². The fraction of sp³-hybridized carbons (Fsp3) is 0.467.